The molecule has 15 heavy (non-hydrogen) atoms. The quantitative estimate of drug-likeness (QED) is 0.479. The van der Waals surface area contributed by atoms with Crippen LogP contribution in [0.3, 0.4) is 0 Å². The number of ether oxygens (including phenoxy) is 1. The van der Waals surface area contributed by atoms with Gasteiger partial charge in [-0.2, -0.15) is 0 Å². The number of rotatable bonds is 5. The van der Waals surface area contributed by atoms with Crippen LogP contribution < -0.4 is 0 Å². The van der Waals surface area contributed by atoms with Crippen LogP contribution >= 0.6 is 11.6 Å². The Morgan fingerprint density at radius 3 is 2.53 bits per heavy atom. The molecule has 1 N–H and O–H groups in total. The molecule has 0 unspecified atom stereocenters. The van der Waals surface area contributed by atoms with Crippen LogP contribution in [-0.2, 0) is 4.74 Å². The van der Waals surface area contributed by atoms with E-state index in [0.717, 1.165) is 12.8 Å². The molecule has 0 aromatic heterocycles. The Labute approximate surface area is 93.6 Å². The van der Waals surface area contributed by atoms with Crippen molar-refractivity contribution in [1.82, 2.24) is 0 Å². The summed E-state index contributed by atoms with van der Waals surface area (Å²) in [6, 6.07) is 5.96. The predicted octanol–water partition coefficient (Wildman–Crippen LogP) is 2.57. The fraction of sp³-hybridized carbons (Fsp3) is 0.364. The van der Waals surface area contributed by atoms with Crippen LogP contribution in [-0.4, -0.2) is 23.6 Å². The number of benzene rings is 1. The number of alkyl halides is 1. The standard InChI is InChI=1S/C11H13ClO3/c12-7-1-2-8-15-11(14)9-3-5-10(13)6-4-9/h3-6,13H,1-2,7-8H2. The number of aromatic hydroxyl groups is 1. The van der Waals surface area contributed by atoms with Crippen molar-refractivity contribution in [3.63, 3.8) is 0 Å². The fourth-order valence-electron chi connectivity index (χ4n) is 1.04. The number of phenolic OH excluding ortho intramolecular Hbond substituents is 1. The molecule has 0 aliphatic rings. The Kier molecular flexibility index (Phi) is 4.98. The summed E-state index contributed by atoms with van der Waals surface area (Å²) in [7, 11) is 0. The molecule has 0 heterocycles. The van der Waals surface area contributed by atoms with Crippen LogP contribution in [0, 0.1) is 0 Å². The summed E-state index contributed by atoms with van der Waals surface area (Å²) in [5.41, 5.74) is 0.443. The van der Waals surface area contributed by atoms with Gasteiger partial charge in [-0.1, -0.05) is 0 Å². The summed E-state index contributed by atoms with van der Waals surface area (Å²) in [6.45, 7) is 0.381. The average molecular weight is 229 g/mol. The SMILES string of the molecule is O=C(OCCCCCl)c1ccc(O)cc1. The minimum atomic E-state index is -0.371. The van der Waals surface area contributed by atoms with Crippen molar-refractivity contribution in [1.29, 1.82) is 0 Å². The average Bonchev–Trinajstić information content (AvgIpc) is 2.25. The maximum atomic E-state index is 11.4. The number of unbranched alkanes of at least 4 members (excludes halogenated alkanes) is 1. The van der Waals surface area contributed by atoms with Gasteiger partial charge in [-0.15, -0.1) is 11.6 Å². The first-order chi connectivity index (χ1) is 7.24. The van der Waals surface area contributed by atoms with Gasteiger partial charge in [0.2, 0.25) is 0 Å². The van der Waals surface area contributed by atoms with Gasteiger partial charge in [0.05, 0.1) is 12.2 Å². The molecule has 0 fully saturated rings. The molecule has 4 heteroatoms. The number of hydrogen-bond acceptors (Lipinski definition) is 3. The highest BCUT2D eigenvalue weighted by Gasteiger charge is 2.05. The Hall–Kier alpha value is -1.22. The summed E-state index contributed by atoms with van der Waals surface area (Å²) >= 11 is 5.48. The molecule has 0 saturated heterocycles. The first-order valence-electron chi connectivity index (χ1n) is 4.76. The molecule has 0 aliphatic carbocycles. The van der Waals surface area contributed by atoms with Crippen LogP contribution in [0.1, 0.15) is 23.2 Å². The lowest BCUT2D eigenvalue weighted by Gasteiger charge is -2.03. The van der Waals surface area contributed by atoms with E-state index >= 15 is 0 Å². The lowest BCUT2D eigenvalue weighted by molar-refractivity contribution is 0.0500. The summed E-state index contributed by atoms with van der Waals surface area (Å²) < 4.78 is 4.99. The Bertz CT molecular complexity index is 308. The van der Waals surface area contributed by atoms with Gasteiger partial charge in [-0.05, 0) is 37.1 Å². The van der Waals surface area contributed by atoms with Crippen molar-refractivity contribution in [2.24, 2.45) is 0 Å². The Balaban J connectivity index is 2.37. The second-order valence-corrected chi connectivity index (χ2v) is 3.46. The number of halogens is 1. The molecule has 0 amide bonds. The van der Waals surface area contributed by atoms with Crippen molar-refractivity contribution < 1.29 is 14.6 Å². The topological polar surface area (TPSA) is 46.5 Å². The molecule has 0 spiro atoms. The molecule has 82 valence electrons. The van der Waals surface area contributed by atoms with Gasteiger partial charge in [0, 0.05) is 5.88 Å². The zero-order chi connectivity index (χ0) is 11.1. The number of esters is 1. The van der Waals surface area contributed by atoms with Gasteiger partial charge in [-0.25, -0.2) is 4.79 Å². The third kappa shape index (κ3) is 4.21. The molecular formula is C11H13ClO3. The smallest absolute Gasteiger partial charge is 0.338 e. The van der Waals surface area contributed by atoms with Crippen molar-refractivity contribution in [2.45, 2.75) is 12.8 Å². The van der Waals surface area contributed by atoms with E-state index in [4.69, 9.17) is 21.4 Å². The van der Waals surface area contributed by atoms with Crippen LogP contribution in [0.5, 0.6) is 5.75 Å². The van der Waals surface area contributed by atoms with E-state index in [1.165, 1.54) is 24.3 Å². The summed E-state index contributed by atoms with van der Waals surface area (Å²) in [4.78, 5) is 11.4. The van der Waals surface area contributed by atoms with E-state index in [1.54, 1.807) is 0 Å². The van der Waals surface area contributed by atoms with Crippen LogP contribution in [0.2, 0.25) is 0 Å². The van der Waals surface area contributed by atoms with E-state index in [1.807, 2.05) is 0 Å². The van der Waals surface area contributed by atoms with Gasteiger partial charge in [0.1, 0.15) is 5.75 Å². The monoisotopic (exact) mass is 228 g/mol. The van der Waals surface area contributed by atoms with Gasteiger partial charge in [0.15, 0.2) is 0 Å². The van der Waals surface area contributed by atoms with Crippen molar-refractivity contribution in [2.75, 3.05) is 12.5 Å². The van der Waals surface area contributed by atoms with Gasteiger partial charge < -0.3 is 9.84 Å². The van der Waals surface area contributed by atoms with Gasteiger partial charge in [-0.3, -0.25) is 0 Å². The molecule has 0 aliphatic heterocycles. The Morgan fingerprint density at radius 1 is 1.27 bits per heavy atom. The normalized spacial score (nSPS) is 9.93. The third-order valence-corrected chi connectivity index (χ3v) is 2.13. The summed E-state index contributed by atoms with van der Waals surface area (Å²) in [5.74, 6) is 0.342. The van der Waals surface area contributed by atoms with E-state index in [-0.39, 0.29) is 11.7 Å². The molecule has 0 atom stereocenters. The second-order valence-electron chi connectivity index (χ2n) is 3.08. The maximum absolute atomic E-state index is 11.4. The first kappa shape index (κ1) is 11.9. The van der Waals surface area contributed by atoms with Crippen LogP contribution in [0.15, 0.2) is 24.3 Å². The Morgan fingerprint density at radius 2 is 1.93 bits per heavy atom. The fourth-order valence-corrected chi connectivity index (χ4v) is 1.23. The molecule has 3 nitrogen and oxygen atoms in total. The zero-order valence-electron chi connectivity index (χ0n) is 8.28. The summed E-state index contributed by atoms with van der Waals surface area (Å²) in [5, 5.41) is 9.02. The van der Waals surface area contributed by atoms with E-state index < -0.39 is 0 Å². The predicted molar refractivity (Wildman–Crippen MR) is 58.3 cm³/mol. The molecular weight excluding hydrogens is 216 g/mol. The molecule has 1 aromatic rings. The van der Waals surface area contributed by atoms with Crippen LogP contribution in [0.25, 0.3) is 0 Å². The lowest BCUT2D eigenvalue weighted by atomic mass is 10.2. The molecule has 1 rings (SSSR count). The van der Waals surface area contributed by atoms with E-state index in [0.29, 0.717) is 18.1 Å². The highest BCUT2D eigenvalue weighted by molar-refractivity contribution is 6.17. The number of hydrogen-bond donors (Lipinski definition) is 1. The van der Waals surface area contributed by atoms with E-state index in [2.05, 4.69) is 0 Å². The minimum absolute atomic E-state index is 0.133. The highest BCUT2D eigenvalue weighted by Crippen LogP contribution is 2.10. The molecule has 1 aromatic carbocycles. The van der Waals surface area contributed by atoms with Gasteiger partial charge in [0.25, 0.3) is 0 Å². The van der Waals surface area contributed by atoms with Crippen molar-refractivity contribution in [3.05, 3.63) is 29.8 Å². The van der Waals surface area contributed by atoms with Crippen molar-refractivity contribution >= 4 is 17.6 Å². The molecule has 0 bridgehead atoms. The number of carbonyl (C=O) groups is 1. The molecule has 0 radical (unpaired) electrons. The minimum Gasteiger partial charge on any atom is -0.508 e. The number of phenols is 1. The van der Waals surface area contributed by atoms with Crippen molar-refractivity contribution in [3.8, 4) is 5.75 Å². The lowest BCUT2D eigenvalue weighted by Crippen LogP contribution is -2.06. The summed E-state index contributed by atoms with van der Waals surface area (Å²) in [6.07, 6.45) is 1.61. The van der Waals surface area contributed by atoms with E-state index in [9.17, 15) is 4.79 Å². The van der Waals surface area contributed by atoms with Crippen LogP contribution in [0.4, 0.5) is 0 Å². The highest BCUT2D eigenvalue weighted by atomic mass is 35.5. The zero-order valence-corrected chi connectivity index (χ0v) is 9.04. The molecule has 0 saturated carbocycles. The number of carbonyl (C=O) groups excluding carboxylic acids is 1. The largest absolute Gasteiger partial charge is 0.508 e. The maximum Gasteiger partial charge on any atom is 0.338 e. The first-order valence-corrected chi connectivity index (χ1v) is 5.29. The van der Waals surface area contributed by atoms with Gasteiger partial charge >= 0.3 is 5.97 Å². The third-order valence-electron chi connectivity index (χ3n) is 1.86. The second kappa shape index (κ2) is 6.30.